The Hall–Kier alpha value is -1.69. The zero-order valence-corrected chi connectivity index (χ0v) is 10.2. The van der Waals surface area contributed by atoms with E-state index in [1.54, 1.807) is 18.6 Å². The molecule has 1 aliphatic rings. The molecule has 0 aliphatic carbocycles. The lowest BCUT2D eigenvalue weighted by Crippen LogP contribution is -2.35. The van der Waals surface area contributed by atoms with Crippen molar-refractivity contribution >= 4 is 5.65 Å². The zero-order chi connectivity index (χ0) is 12.4. The molecule has 1 aliphatic heterocycles. The van der Waals surface area contributed by atoms with Gasteiger partial charge in [-0.2, -0.15) is 0 Å². The molecule has 0 radical (unpaired) electrons. The number of nitrogens with one attached hydrogen (secondary N) is 1. The van der Waals surface area contributed by atoms with Crippen LogP contribution >= 0.6 is 0 Å². The zero-order valence-electron chi connectivity index (χ0n) is 10.2. The number of rotatable bonds is 3. The first kappa shape index (κ1) is 11.4. The van der Waals surface area contributed by atoms with Crippen LogP contribution in [0.15, 0.2) is 23.4 Å². The van der Waals surface area contributed by atoms with Crippen LogP contribution in [0, 0.1) is 0 Å². The average molecular weight is 247 g/mol. The minimum Gasteiger partial charge on any atom is -0.314 e. The predicted molar refractivity (Wildman–Crippen MR) is 67.5 cm³/mol. The van der Waals surface area contributed by atoms with Gasteiger partial charge in [-0.1, -0.05) is 6.42 Å². The van der Waals surface area contributed by atoms with E-state index in [1.165, 1.54) is 28.3 Å². The fraction of sp³-hybridized carbons (Fsp3) is 0.583. The van der Waals surface area contributed by atoms with Gasteiger partial charge in [0.15, 0.2) is 5.65 Å². The Morgan fingerprint density at radius 3 is 3.17 bits per heavy atom. The molecular weight excluding hydrogens is 230 g/mol. The summed E-state index contributed by atoms with van der Waals surface area (Å²) in [7, 11) is 0. The first-order chi connectivity index (χ1) is 8.84. The lowest BCUT2D eigenvalue weighted by atomic mass is 10.0. The molecule has 3 rings (SSSR count). The Morgan fingerprint density at radius 2 is 2.39 bits per heavy atom. The minimum absolute atomic E-state index is 0.0804. The second-order valence-electron chi connectivity index (χ2n) is 4.75. The maximum absolute atomic E-state index is 12.0. The highest BCUT2D eigenvalue weighted by Gasteiger charge is 2.13. The van der Waals surface area contributed by atoms with E-state index in [2.05, 4.69) is 15.4 Å². The first-order valence-corrected chi connectivity index (χ1v) is 6.47. The van der Waals surface area contributed by atoms with Crippen molar-refractivity contribution in [2.24, 2.45) is 0 Å². The van der Waals surface area contributed by atoms with Crippen LogP contribution < -0.4 is 11.0 Å². The molecular formula is C12H17N5O. The Morgan fingerprint density at radius 1 is 1.44 bits per heavy atom. The van der Waals surface area contributed by atoms with Crippen LogP contribution in [0.4, 0.5) is 0 Å². The highest BCUT2D eigenvalue weighted by Crippen LogP contribution is 2.10. The third-order valence-electron chi connectivity index (χ3n) is 3.49. The quantitative estimate of drug-likeness (QED) is 0.854. The smallest absolute Gasteiger partial charge is 0.314 e. The lowest BCUT2D eigenvalue weighted by Gasteiger charge is -2.22. The molecule has 0 saturated carbocycles. The van der Waals surface area contributed by atoms with Gasteiger partial charge < -0.3 is 5.32 Å². The molecule has 0 bridgehead atoms. The fourth-order valence-corrected chi connectivity index (χ4v) is 2.47. The second-order valence-corrected chi connectivity index (χ2v) is 4.75. The van der Waals surface area contributed by atoms with Crippen molar-refractivity contribution in [1.82, 2.24) is 24.5 Å². The molecule has 0 amide bonds. The highest BCUT2D eigenvalue weighted by molar-refractivity contribution is 5.31. The van der Waals surface area contributed by atoms with E-state index in [9.17, 15) is 4.79 Å². The summed E-state index contributed by atoms with van der Waals surface area (Å²) >= 11 is 0. The number of hydrogen-bond donors (Lipinski definition) is 1. The van der Waals surface area contributed by atoms with Gasteiger partial charge in [0.25, 0.3) is 0 Å². The third kappa shape index (κ3) is 2.15. The third-order valence-corrected chi connectivity index (χ3v) is 3.49. The number of aryl methyl sites for hydroxylation is 1. The van der Waals surface area contributed by atoms with Gasteiger partial charge in [0.05, 0.1) is 6.20 Å². The molecule has 1 atom stereocenters. The number of nitrogens with zero attached hydrogens (tertiary/aromatic N) is 4. The van der Waals surface area contributed by atoms with Gasteiger partial charge in [0.2, 0.25) is 0 Å². The van der Waals surface area contributed by atoms with Crippen molar-refractivity contribution in [1.29, 1.82) is 0 Å². The topological polar surface area (TPSA) is 64.2 Å². The van der Waals surface area contributed by atoms with Crippen molar-refractivity contribution in [2.45, 2.75) is 38.3 Å². The Bertz CT molecular complexity index is 581. The van der Waals surface area contributed by atoms with E-state index in [4.69, 9.17) is 0 Å². The molecule has 6 nitrogen and oxygen atoms in total. The molecule has 0 spiro atoms. The number of fused-ring (bicyclic) bond motifs is 1. The Kier molecular flexibility index (Phi) is 3.10. The SMILES string of the molecule is O=c1n(CCC2CCCCN2)nc2cnccn12. The molecule has 1 unspecified atom stereocenters. The second kappa shape index (κ2) is 4.89. The molecule has 6 heteroatoms. The fourth-order valence-electron chi connectivity index (χ4n) is 2.47. The van der Waals surface area contributed by atoms with Crippen molar-refractivity contribution in [3.05, 3.63) is 29.1 Å². The van der Waals surface area contributed by atoms with E-state index in [-0.39, 0.29) is 5.69 Å². The summed E-state index contributed by atoms with van der Waals surface area (Å²) in [5, 5.41) is 7.75. The first-order valence-electron chi connectivity index (χ1n) is 6.47. The van der Waals surface area contributed by atoms with Crippen LogP contribution in [0.3, 0.4) is 0 Å². The molecule has 1 saturated heterocycles. The van der Waals surface area contributed by atoms with Gasteiger partial charge in [-0.25, -0.2) is 13.9 Å². The molecule has 3 heterocycles. The Balaban J connectivity index is 1.74. The number of piperidine rings is 1. The molecule has 18 heavy (non-hydrogen) atoms. The summed E-state index contributed by atoms with van der Waals surface area (Å²) < 4.78 is 3.06. The normalized spacial score (nSPS) is 20.3. The van der Waals surface area contributed by atoms with Crippen LogP contribution in [-0.2, 0) is 6.54 Å². The maximum Gasteiger partial charge on any atom is 0.350 e. The van der Waals surface area contributed by atoms with E-state index < -0.39 is 0 Å². The van der Waals surface area contributed by atoms with Gasteiger partial charge in [-0.3, -0.25) is 4.98 Å². The monoisotopic (exact) mass is 247 g/mol. The minimum atomic E-state index is -0.0804. The largest absolute Gasteiger partial charge is 0.350 e. The summed E-state index contributed by atoms with van der Waals surface area (Å²) in [6, 6.07) is 0.522. The summed E-state index contributed by atoms with van der Waals surface area (Å²) in [6.07, 6.45) is 9.55. The summed E-state index contributed by atoms with van der Waals surface area (Å²) in [5.74, 6) is 0. The lowest BCUT2D eigenvalue weighted by molar-refractivity contribution is 0.358. The standard InChI is InChI=1S/C12H17N5O/c18-12-16-8-6-13-9-11(16)15-17(12)7-4-10-3-1-2-5-14-10/h6,8-10,14H,1-5,7H2. The summed E-state index contributed by atoms with van der Waals surface area (Å²) in [4.78, 5) is 16.0. The van der Waals surface area contributed by atoms with E-state index >= 15 is 0 Å². The Labute approximate surface area is 105 Å². The van der Waals surface area contributed by atoms with Gasteiger partial charge in [0, 0.05) is 25.0 Å². The molecule has 0 aromatic carbocycles. The van der Waals surface area contributed by atoms with E-state index in [0.717, 1.165) is 13.0 Å². The van der Waals surface area contributed by atoms with Crippen LogP contribution in [0.25, 0.3) is 5.65 Å². The van der Waals surface area contributed by atoms with Crippen molar-refractivity contribution in [3.8, 4) is 0 Å². The molecule has 2 aromatic heterocycles. The van der Waals surface area contributed by atoms with Crippen LogP contribution in [-0.4, -0.2) is 31.8 Å². The molecule has 96 valence electrons. The van der Waals surface area contributed by atoms with E-state index in [1.807, 2.05) is 0 Å². The van der Waals surface area contributed by atoms with Crippen molar-refractivity contribution in [2.75, 3.05) is 6.54 Å². The van der Waals surface area contributed by atoms with Gasteiger partial charge in [0.1, 0.15) is 0 Å². The molecule has 2 aromatic rings. The number of aromatic nitrogens is 4. The van der Waals surface area contributed by atoms with Crippen molar-refractivity contribution in [3.63, 3.8) is 0 Å². The number of hydrogen-bond acceptors (Lipinski definition) is 4. The molecule has 1 N–H and O–H groups in total. The van der Waals surface area contributed by atoms with Gasteiger partial charge >= 0.3 is 5.69 Å². The van der Waals surface area contributed by atoms with Gasteiger partial charge in [-0.05, 0) is 25.8 Å². The predicted octanol–water partition coefficient (Wildman–Crippen LogP) is 0.423. The van der Waals surface area contributed by atoms with Crippen LogP contribution in [0.2, 0.25) is 0 Å². The van der Waals surface area contributed by atoms with Gasteiger partial charge in [-0.15, -0.1) is 5.10 Å². The summed E-state index contributed by atoms with van der Waals surface area (Å²) in [5.41, 5.74) is 0.530. The highest BCUT2D eigenvalue weighted by atomic mass is 16.2. The summed E-state index contributed by atoms with van der Waals surface area (Å²) in [6.45, 7) is 1.76. The molecule has 1 fully saturated rings. The maximum atomic E-state index is 12.0. The van der Waals surface area contributed by atoms with Crippen LogP contribution in [0.5, 0.6) is 0 Å². The average Bonchev–Trinajstić information content (AvgIpc) is 2.75. The van der Waals surface area contributed by atoms with Crippen LogP contribution in [0.1, 0.15) is 25.7 Å². The van der Waals surface area contributed by atoms with E-state index in [0.29, 0.717) is 18.2 Å². The van der Waals surface area contributed by atoms with Crippen molar-refractivity contribution < 1.29 is 0 Å².